The number of carboxylic acids is 1. The molecule has 1 atom stereocenters. The van der Waals surface area contributed by atoms with E-state index in [0.717, 1.165) is 5.56 Å². The Hall–Kier alpha value is -1.33. The summed E-state index contributed by atoms with van der Waals surface area (Å²) in [6.07, 6.45) is 0.824. The summed E-state index contributed by atoms with van der Waals surface area (Å²) in [6, 6.07) is 9.41. The molecule has 0 saturated carbocycles. The van der Waals surface area contributed by atoms with Gasteiger partial charge in [-0.2, -0.15) is 0 Å². The second kappa shape index (κ2) is 5.35. The van der Waals surface area contributed by atoms with Crippen molar-refractivity contribution >= 4 is 25.7 Å². The van der Waals surface area contributed by atoms with Crippen LogP contribution in [0.25, 0.3) is 0 Å². The lowest BCUT2D eigenvalue weighted by Crippen LogP contribution is -2.29. The Labute approximate surface area is 116 Å². The minimum absolute atomic E-state index is 0.0173. The van der Waals surface area contributed by atoms with Gasteiger partial charge in [-0.1, -0.05) is 30.3 Å². The Morgan fingerprint density at radius 1 is 1.26 bits per heavy atom. The molecule has 0 N–H and O–H groups in total. The summed E-state index contributed by atoms with van der Waals surface area (Å²) in [5, 5.41) is 11.1. The van der Waals surface area contributed by atoms with Crippen molar-refractivity contribution in [2.45, 2.75) is 25.2 Å². The van der Waals surface area contributed by atoms with E-state index in [0.29, 0.717) is 6.42 Å². The molecular formula is C13H12ClO4S-. The van der Waals surface area contributed by atoms with Crippen LogP contribution in [0, 0.1) is 0 Å². The first-order valence-electron chi connectivity index (χ1n) is 5.82. The van der Waals surface area contributed by atoms with Gasteiger partial charge < -0.3 is 9.90 Å². The molecule has 4 nitrogen and oxygen atoms in total. The van der Waals surface area contributed by atoms with Crippen LogP contribution >= 0.6 is 10.7 Å². The Bertz CT molecular complexity index is 619. The molecule has 0 amide bonds. The molecule has 102 valence electrons. The molecule has 1 aromatic carbocycles. The van der Waals surface area contributed by atoms with E-state index in [4.69, 9.17) is 10.7 Å². The van der Waals surface area contributed by atoms with Crippen molar-refractivity contribution in [1.82, 2.24) is 0 Å². The second-order valence-electron chi connectivity index (χ2n) is 4.48. The number of allylic oxidation sites excluding steroid dienone is 1. The average Bonchev–Trinajstić information content (AvgIpc) is 2.38. The molecule has 1 aromatic rings. The molecule has 1 aliphatic carbocycles. The van der Waals surface area contributed by atoms with Crippen LogP contribution in [0.3, 0.4) is 0 Å². The quantitative estimate of drug-likeness (QED) is 0.793. The summed E-state index contributed by atoms with van der Waals surface area (Å²) in [4.78, 5) is 10.9. The van der Waals surface area contributed by atoms with Crippen molar-refractivity contribution < 1.29 is 18.3 Å². The maximum absolute atomic E-state index is 11.4. The number of carboxylic acid groups (broad SMARTS) is 1. The van der Waals surface area contributed by atoms with Crippen LogP contribution in [-0.4, -0.2) is 14.4 Å². The van der Waals surface area contributed by atoms with E-state index < -0.39 is 15.0 Å². The molecule has 0 fully saturated rings. The zero-order valence-corrected chi connectivity index (χ0v) is 11.6. The Morgan fingerprint density at radius 2 is 1.89 bits per heavy atom. The first-order chi connectivity index (χ1) is 8.89. The SMILES string of the molecule is O=C([O-])C1=C(S(=O)(=O)Cl)CCC(c2ccccc2)C1. The van der Waals surface area contributed by atoms with Gasteiger partial charge in [0.15, 0.2) is 0 Å². The molecule has 0 spiro atoms. The summed E-state index contributed by atoms with van der Waals surface area (Å²) in [5.41, 5.74) is 0.794. The van der Waals surface area contributed by atoms with E-state index in [1.54, 1.807) is 0 Å². The lowest BCUT2D eigenvalue weighted by Gasteiger charge is -2.26. The van der Waals surface area contributed by atoms with Crippen LogP contribution < -0.4 is 5.11 Å². The molecule has 2 rings (SSSR count). The predicted octanol–water partition coefficient (Wildman–Crippen LogP) is 1.53. The number of carbonyl (C=O) groups excluding carboxylic acids is 1. The number of carbonyl (C=O) groups is 1. The van der Waals surface area contributed by atoms with Crippen LogP contribution in [0.1, 0.15) is 30.7 Å². The Kier molecular flexibility index (Phi) is 3.96. The third-order valence-electron chi connectivity index (χ3n) is 3.32. The summed E-state index contributed by atoms with van der Waals surface area (Å²) in [5.74, 6) is -1.48. The van der Waals surface area contributed by atoms with E-state index in [-0.39, 0.29) is 29.2 Å². The predicted molar refractivity (Wildman–Crippen MR) is 69.8 cm³/mol. The van der Waals surface area contributed by atoms with Gasteiger partial charge in [0.25, 0.3) is 9.05 Å². The second-order valence-corrected chi connectivity index (χ2v) is 7.06. The number of aliphatic carboxylic acids is 1. The van der Waals surface area contributed by atoms with Crippen molar-refractivity contribution in [3.05, 3.63) is 46.4 Å². The van der Waals surface area contributed by atoms with Crippen LogP contribution in [-0.2, 0) is 13.8 Å². The van der Waals surface area contributed by atoms with E-state index in [1.165, 1.54) is 0 Å². The van der Waals surface area contributed by atoms with E-state index in [9.17, 15) is 18.3 Å². The first-order valence-corrected chi connectivity index (χ1v) is 8.13. The van der Waals surface area contributed by atoms with Gasteiger partial charge in [-0.15, -0.1) is 0 Å². The summed E-state index contributed by atoms with van der Waals surface area (Å²) in [7, 11) is 1.27. The summed E-state index contributed by atoms with van der Waals surface area (Å²) < 4.78 is 22.7. The van der Waals surface area contributed by atoms with Crippen molar-refractivity contribution in [2.24, 2.45) is 0 Å². The number of benzene rings is 1. The number of hydrogen-bond acceptors (Lipinski definition) is 4. The maximum atomic E-state index is 11.4. The van der Waals surface area contributed by atoms with E-state index >= 15 is 0 Å². The van der Waals surface area contributed by atoms with Crippen molar-refractivity contribution in [3.63, 3.8) is 0 Å². The first kappa shape index (κ1) is 14.1. The highest BCUT2D eigenvalue weighted by atomic mass is 35.7. The summed E-state index contributed by atoms with van der Waals surface area (Å²) >= 11 is 0. The van der Waals surface area contributed by atoms with Crippen LogP contribution in [0.4, 0.5) is 0 Å². The number of hydrogen-bond donors (Lipinski definition) is 0. The topological polar surface area (TPSA) is 74.3 Å². The largest absolute Gasteiger partial charge is 0.545 e. The lowest BCUT2D eigenvalue weighted by atomic mass is 9.83. The fourth-order valence-corrected chi connectivity index (χ4v) is 3.73. The molecule has 0 bridgehead atoms. The zero-order valence-electron chi connectivity index (χ0n) is 10.0. The number of halogens is 1. The lowest BCUT2D eigenvalue weighted by molar-refractivity contribution is -0.299. The molecule has 0 radical (unpaired) electrons. The monoisotopic (exact) mass is 299 g/mol. The van der Waals surface area contributed by atoms with Crippen LogP contribution in [0.2, 0.25) is 0 Å². The molecule has 0 heterocycles. The highest BCUT2D eigenvalue weighted by molar-refractivity contribution is 8.16. The van der Waals surface area contributed by atoms with Gasteiger partial charge in [-0.25, -0.2) is 8.42 Å². The molecule has 1 unspecified atom stereocenters. The third-order valence-corrected chi connectivity index (χ3v) is 4.92. The van der Waals surface area contributed by atoms with Crippen LogP contribution in [0.5, 0.6) is 0 Å². The fraction of sp³-hybridized carbons (Fsp3) is 0.308. The molecule has 19 heavy (non-hydrogen) atoms. The molecule has 1 aliphatic rings. The smallest absolute Gasteiger partial charge is 0.257 e. The normalized spacial score (nSPS) is 20.4. The molecule has 0 aliphatic heterocycles. The standard InChI is InChI=1S/C13H13ClO4S/c14-19(17,18)12-7-6-10(8-11(12)13(15)16)9-4-2-1-3-5-9/h1-5,10H,6-8H2,(H,15,16)/p-1. The van der Waals surface area contributed by atoms with Gasteiger partial charge >= 0.3 is 0 Å². The molecular weight excluding hydrogens is 288 g/mol. The zero-order chi connectivity index (χ0) is 14.0. The highest BCUT2D eigenvalue weighted by Gasteiger charge is 2.28. The van der Waals surface area contributed by atoms with Gasteiger partial charge in [0.2, 0.25) is 0 Å². The Morgan fingerprint density at radius 3 is 2.42 bits per heavy atom. The molecule has 0 aromatic heterocycles. The van der Waals surface area contributed by atoms with Gasteiger partial charge in [0.05, 0.1) is 10.9 Å². The fourth-order valence-electron chi connectivity index (χ4n) is 2.39. The van der Waals surface area contributed by atoms with Gasteiger partial charge in [-0.3, -0.25) is 0 Å². The minimum Gasteiger partial charge on any atom is -0.545 e. The number of rotatable bonds is 3. The third kappa shape index (κ3) is 3.16. The Balaban J connectivity index is 2.37. The average molecular weight is 300 g/mol. The van der Waals surface area contributed by atoms with Gasteiger partial charge in [0.1, 0.15) is 0 Å². The maximum Gasteiger partial charge on any atom is 0.257 e. The van der Waals surface area contributed by atoms with Gasteiger partial charge in [0, 0.05) is 10.7 Å². The van der Waals surface area contributed by atoms with Gasteiger partial charge in [-0.05, 0) is 36.3 Å². The van der Waals surface area contributed by atoms with Crippen molar-refractivity contribution in [3.8, 4) is 0 Å². The van der Waals surface area contributed by atoms with E-state index in [2.05, 4.69) is 0 Å². The minimum atomic E-state index is -3.99. The molecule has 6 heteroatoms. The van der Waals surface area contributed by atoms with Crippen LogP contribution in [0.15, 0.2) is 40.8 Å². The highest BCUT2D eigenvalue weighted by Crippen LogP contribution is 2.38. The van der Waals surface area contributed by atoms with E-state index in [1.807, 2.05) is 30.3 Å². The molecule has 0 saturated heterocycles. The summed E-state index contributed by atoms with van der Waals surface area (Å²) in [6.45, 7) is 0. The van der Waals surface area contributed by atoms with Crippen molar-refractivity contribution in [2.75, 3.05) is 0 Å². The van der Waals surface area contributed by atoms with Crippen molar-refractivity contribution in [1.29, 1.82) is 0 Å².